The van der Waals surface area contributed by atoms with Crippen LogP contribution < -0.4 is 5.73 Å². The first-order valence-corrected chi connectivity index (χ1v) is 8.01. The number of primary amides is 1. The molecule has 2 aromatic heterocycles. The topological polar surface area (TPSA) is 111 Å². The van der Waals surface area contributed by atoms with Gasteiger partial charge in [0, 0.05) is 11.8 Å². The molecule has 0 aliphatic rings. The lowest BCUT2D eigenvalue weighted by atomic mass is 10.2. The molecule has 1 aromatic carbocycles. The molecule has 26 heavy (non-hydrogen) atoms. The number of hydrogen-bond acceptors (Lipinski definition) is 6. The number of ether oxygens (including phenoxy) is 1. The van der Waals surface area contributed by atoms with Gasteiger partial charge in [-0.25, -0.2) is 4.98 Å². The Morgan fingerprint density at radius 3 is 2.62 bits per heavy atom. The van der Waals surface area contributed by atoms with Crippen molar-refractivity contribution in [2.75, 3.05) is 6.61 Å². The van der Waals surface area contributed by atoms with Crippen LogP contribution in [0.1, 0.15) is 23.0 Å². The molecule has 0 aliphatic carbocycles. The molecule has 8 heteroatoms. The molecule has 3 aromatic rings. The average molecular weight is 351 g/mol. The van der Waals surface area contributed by atoms with Gasteiger partial charge in [0.05, 0.1) is 24.4 Å². The second kappa shape index (κ2) is 7.56. The standard InChI is InChI=1S/C18H17N5O3/c1-2-26-16(24)11-14-18(23-10-4-3-5-15(23)20-14)22-21-13-8-6-12(7-9-13)17(19)25/h3-10H,2,11H2,1H3,(H2,19,25). The lowest BCUT2D eigenvalue weighted by Crippen LogP contribution is -2.10. The van der Waals surface area contributed by atoms with E-state index < -0.39 is 5.91 Å². The average Bonchev–Trinajstić information content (AvgIpc) is 2.97. The zero-order valence-corrected chi connectivity index (χ0v) is 14.1. The number of azo groups is 1. The van der Waals surface area contributed by atoms with Crippen LogP contribution in [0.3, 0.4) is 0 Å². The first-order chi connectivity index (χ1) is 12.6. The molecule has 2 heterocycles. The summed E-state index contributed by atoms with van der Waals surface area (Å²) in [5.74, 6) is -0.433. The minimum atomic E-state index is -0.507. The summed E-state index contributed by atoms with van der Waals surface area (Å²) < 4.78 is 6.74. The molecular formula is C18H17N5O3. The number of carbonyl (C=O) groups excluding carboxylic acids is 2. The van der Waals surface area contributed by atoms with Crippen molar-refractivity contribution in [1.82, 2.24) is 9.38 Å². The van der Waals surface area contributed by atoms with Crippen LogP contribution in [-0.4, -0.2) is 27.9 Å². The molecular weight excluding hydrogens is 334 g/mol. The van der Waals surface area contributed by atoms with Gasteiger partial charge >= 0.3 is 5.97 Å². The Morgan fingerprint density at radius 1 is 1.15 bits per heavy atom. The van der Waals surface area contributed by atoms with Crippen LogP contribution in [0.15, 0.2) is 58.9 Å². The third-order valence-electron chi connectivity index (χ3n) is 3.60. The number of nitrogens with two attached hydrogens (primary N) is 1. The van der Waals surface area contributed by atoms with E-state index in [0.29, 0.717) is 35.0 Å². The van der Waals surface area contributed by atoms with Gasteiger partial charge in [-0.3, -0.25) is 14.0 Å². The van der Waals surface area contributed by atoms with Crippen molar-refractivity contribution >= 4 is 29.0 Å². The smallest absolute Gasteiger partial charge is 0.312 e. The lowest BCUT2D eigenvalue weighted by Gasteiger charge is -2.00. The molecule has 8 nitrogen and oxygen atoms in total. The van der Waals surface area contributed by atoms with Gasteiger partial charge in [0.15, 0.2) is 5.82 Å². The van der Waals surface area contributed by atoms with Crippen molar-refractivity contribution in [3.8, 4) is 0 Å². The Labute approximate surface area is 149 Å². The number of nitrogens with zero attached hydrogens (tertiary/aromatic N) is 4. The quantitative estimate of drug-likeness (QED) is 0.543. The first-order valence-electron chi connectivity index (χ1n) is 8.01. The fraction of sp³-hybridized carbons (Fsp3) is 0.167. The third kappa shape index (κ3) is 3.75. The number of rotatable bonds is 6. The van der Waals surface area contributed by atoms with Crippen molar-refractivity contribution in [2.24, 2.45) is 16.0 Å². The predicted molar refractivity (Wildman–Crippen MR) is 94.7 cm³/mol. The molecule has 0 spiro atoms. The van der Waals surface area contributed by atoms with E-state index in [1.807, 2.05) is 18.2 Å². The van der Waals surface area contributed by atoms with Gasteiger partial charge in [-0.2, -0.15) is 0 Å². The van der Waals surface area contributed by atoms with Gasteiger partial charge in [0.1, 0.15) is 5.65 Å². The molecule has 0 aliphatic heterocycles. The maximum atomic E-state index is 11.8. The second-order valence-corrected chi connectivity index (χ2v) is 5.40. The number of aromatic nitrogens is 2. The lowest BCUT2D eigenvalue weighted by molar-refractivity contribution is -0.142. The molecule has 2 N–H and O–H groups in total. The van der Waals surface area contributed by atoms with Gasteiger partial charge in [0.2, 0.25) is 5.91 Å². The number of fused-ring (bicyclic) bond motifs is 1. The van der Waals surface area contributed by atoms with Crippen LogP contribution >= 0.6 is 0 Å². The van der Waals surface area contributed by atoms with E-state index >= 15 is 0 Å². The van der Waals surface area contributed by atoms with Crippen molar-refractivity contribution in [2.45, 2.75) is 13.3 Å². The third-order valence-corrected chi connectivity index (χ3v) is 3.60. The van der Waals surface area contributed by atoms with Gasteiger partial charge < -0.3 is 10.5 Å². The van der Waals surface area contributed by atoms with Crippen molar-refractivity contribution in [3.63, 3.8) is 0 Å². The Hall–Kier alpha value is -3.55. The van der Waals surface area contributed by atoms with Crippen LogP contribution in [0.5, 0.6) is 0 Å². The van der Waals surface area contributed by atoms with E-state index in [-0.39, 0.29) is 12.4 Å². The fourth-order valence-electron chi connectivity index (χ4n) is 2.40. The summed E-state index contributed by atoms with van der Waals surface area (Å²) >= 11 is 0. The predicted octanol–water partition coefficient (Wildman–Crippen LogP) is 2.95. The summed E-state index contributed by atoms with van der Waals surface area (Å²) in [6.45, 7) is 2.05. The molecule has 0 bridgehead atoms. The molecule has 0 atom stereocenters. The largest absolute Gasteiger partial charge is 0.466 e. The highest BCUT2D eigenvalue weighted by Crippen LogP contribution is 2.25. The summed E-state index contributed by atoms with van der Waals surface area (Å²) in [4.78, 5) is 27.4. The number of amides is 1. The summed E-state index contributed by atoms with van der Waals surface area (Å²) in [5.41, 5.74) is 7.29. The Bertz CT molecular complexity index is 976. The van der Waals surface area contributed by atoms with E-state index in [1.165, 1.54) is 0 Å². The Kier molecular flexibility index (Phi) is 5.02. The van der Waals surface area contributed by atoms with Gasteiger partial charge in [-0.05, 0) is 43.3 Å². The highest BCUT2D eigenvalue weighted by molar-refractivity contribution is 5.93. The minimum absolute atomic E-state index is 0.00445. The number of imidazole rings is 1. The Morgan fingerprint density at radius 2 is 1.92 bits per heavy atom. The molecule has 0 unspecified atom stereocenters. The Balaban J connectivity index is 1.94. The van der Waals surface area contributed by atoms with E-state index in [1.54, 1.807) is 41.8 Å². The number of carbonyl (C=O) groups is 2. The van der Waals surface area contributed by atoms with E-state index in [4.69, 9.17) is 10.5 Å². The monoisotopic (exact) mass is 351 g/mol. The van der Waals surface area contributed by atoms with E-state index in [0.717, 1.165) is 0 Å². The van der Waals surface area contributed by atoms with Gasteiger partial charge in [-0.15, -0.1) is 10.2 Å². The molecule has 132 valence electrons. The summed E-state index contributed by atoms with van der Waals surface area (Å²) in [6.07, 6.45) is 1.80. The maximum absolute atomic E-state index is 11.8. The summed E-state index contributed by atoms with van der Waals surface area (Å²) in [7, 11) is 0. The second-order valence-electron chi connectivity index (χ2n) is 5.40. The maximum Gasteiger partial charge on any atom is 0.312 e. The summed E-state index contributed by atoms with van der Waals surface area (Å²) in [6, 6.07) is 11.9. The number of pyridine rings is 1. The molecule has 0 saturated carbocycles. The van der Waals surface area contributed by atoms with Crippen LogP contribution in [0.4, 0.5) is 11.5 Å². The SMILES string of the molecule is CCOC(=O)Cc1nc2ccccn2c1N=Nc1ccc(C(N)=O)cc1. The van der Waals surface area contributed by atoms with Crippen LogP contribution in [0.2, 0.25) is 0 Å². The fourth-order valence-corrected chi connectivity index (χ4v) is 2.40. The van der Waals surface area contributed by atoms with E-state index in [2.05, 4.69) is 15.2 Å². The minimum Gasteiger partial charge on any atom is -0.466 e. The molecule has 0 saturated heterocycles. The molecule has 0 fully saturated rings. The van der Waals surface area contributed by atoms with Crippen molar-refractivity contribution in [3.05, 3.63) is 59.9 Å². The molecule has 3 rings (SSSR count). The van der Waals surface area contributed by atoms with Crippen LogP contribution in [0, 0.1) is 0 Å². The molecule has 0 radical (unpaired) electrons. The van der Waals surface area contributed by atoms with Crippen LogP contribution in [-0.2, 0) is 16.0 Å². The van der Waals surface area contributed by atoms with Crippen LogP contribution in [0.25, 0.3) is 5.65 Å². The van der Waals surface area contributed by atoms with E-state index in [9.17, 15) is 9.59 Å². The number of esters is 1. The summed E-state index contributed by atoms with van der Waals surface area (Å²) in [5, 5.41) is 8.43. The zero-order valence-electron chi connectivity index (χ0n) is 14.1. The number of hydrogen-bond donors (Lipinski definition) is 1. The van der Waals surface area contributed by atoms with Crippen molar-refractivity contribution in [1.29, 1.82) is 0 Å². The zero-order chi connectivity index (χ0) is 18.5. The number of benzene rings is 1. The van der Waals surface area contributed by atoms with Gasteiger partial charge in [0.25, 0.3) is 0 Å². The highest BCUT2D eigenvalue weighted by Gasteiger charge is 2.16. The van der Waals surface area contributed by atoms with Crippen molar-refractivity contribution < 1.29 is 14.3 Å². The normalized spacial score (nSPS) is 11.1. The first kappa shape index (κ1) is 17.3. The van der Waals surface area contributed by atoms with Gasteiger partial charge in [-0.1, -0.05) is 6.07 Å². The highest BCUT2D eigenvalue weighted by atomic mass is 16.5. The molecule has 1 amide bonds.